The van der Waals surface area contributed by atoms with E-state index in [0.717, 1.165) is 5.56 Å². The molecule has 17 heavy (non-hydrogen) atoms. The first-order valence-corrected chi connectivity index (χ1v) is 5.24. The molecule has 96 valence electrons. The number of nitrogens with one attached hydrogen (secondary N) is 1. The SMILES string of the molecule is COCC(N)C(=O)Nc1cccc(Cl)c1C.Cl. The molecule has 3 N–H and O–H groups in total. The molecule has 0 saturated carbocycles. The number of methoxy groups -OCH3 is 1. The van der Waals surface area contributed by atoms with Crippen LogP contribution in [0.5, 0.6) is 0 Å². The number of amides is 1. The van der Waals surface area contributed by atoms with Crippen LogP contribution >= 0.6 is 24.0 Å². The number of hydrogen-bond acceptors (Lipinski definition) is 3. The second kappa shape index (κ2) is 7.50. The zero-order chi connectivity index (χ0) is 12.1. The van der Waals surface area contributed by atoms with E-state index in [4.69, 9.17) is 22.1 Å². The quantitative estimate of drug-likeness (QED) is 0.885. The van der Waals surface area contributed by atoms with Gasteiger partial charge in [0.2, 0.25) is 5.91 Å². The Bertz CT molecular complexity index is 386. The largest absolute Gasteiger partial charge is 0.383 e. The van der Waals surface area contributed by atoms with Gasteiger partial charge in [-0.15, -0.1) is 12.4 Å². The van der Waals surface area contributed by atoms with Crippen LogP contribution in [0.2, 0.25) is 5.02 Å². The van der Waals surface area contributed by atoms with E-state index in [1.165, 1.54) is 7.11 Å². The molecular weight excluding hydrogens is 263 g/mol. The van der Waals surface area contributed by atoms with E-state index < -0.39 is 6.04 Å². The number of carbonyl (C=O) groups is 1. The first kappa shape index (κ1) is 16.2. The number of ether oxygens (including phenoxy) is 1. The fourth-order valence-corrected chi connectivity index (χ4v) is 1.40. The molecule has 0 aliphatic heterocycles. The molecule has 1 rings (SSSR count). The number of nitrogens with two attached hydrogens (primary N) is 1. The standard InChI is InChI=1S/C11H15ClN2O2.ClH/c1-7-8(12)4-3-5-10(7)14-11(15)9(13)6-16-2;/h3-5,9H,6,13H2,1-2H3,(H,14,15);1H. The van der Waals surface area contributed by atoms with E-state index in [-0.39, 0.29) is 24.9 Å². The lowest BCUT2D eigenvalue weighted by Crippen LogP contribution is -2.39. The van der Waals surface area contributed by atoms with Crippen LogP contribution in [0.25, 0.3) is 0 Å². The lowest BCUT2D eigenvalue weighted by molar-refractivity contribution is -0.118. The van der Waals surface area contributed by atoms with Crippen molar-refractivity contribution in [2.45, 2.75) is 13.0 Å². The highest BCUT2D eigenvalue weighted by Crippen LogP contribution is 2.22. The van der Waals surface area contributed by atoms with Gasteiger partial charge in [-0.1, -0.05) is 17.7 Å². The van der Waals surface area contributed by atoms with Gasteiger partial charge in [0, 0.05) is 17.8 Å². The summed E-state index contributed by atoms with van der Waals surface area (Å²) in [4.78, 5) is 11.6. The van der Waals surface area contributed by atoms with E-state index in [0.29, 0.717) is 10.7 Å². The Morgan fingerprint density at radius 2 is 2.24 bits per heavy atom. The minimum atomic E-state index is -0.677. The molecule has 0 spiro atoms. The topological polar surface area (TPSA) is 64.3 Å². The minimum Gasteiger partial charge on any atom is -0.383 e. The number of halogens is 2. The molecule has 0 aliphatic rings. The van der Waals surface area contributed by atoms with Crippen LogP contribution in [-0.4, -0.2) is 25.7 Å². The van der Waals surface area contributed by atoms with Gasteiger partial charge in [-0.3, -0.25) is 4.79 Å². The van der Waals surface area contributed by atoms with Crippen molar-refractivity contribution in [2.24, 2.45) is 5.73 Å². The Labute approximate surface area is 112 Å². The Morgan fingerprint density at radius 1 is 1.59 bits per heavy atom. The van der Waals surface area contributed by atoms with E-state index in [9.17, 15) is 4.79 Å². The summed E-state index contributed by atoms with van der Waals surface area (Å²) in [6.45, 7) is 2.02. The van der Waals surface area contributed by atoms with Crippen LogP contribution in [0.3, 0.4) is 0 Å². The van der Waals surface area contributed by atoms with E-state index in [2.05, 4.69) is 5.32 Å². The van der Waals surface area contributed by atoms with Gasteiger partial charge in [-0.25, -0.2) is 0 Å². The second-order valence-corrected chi connectivity index (χ2v) is 3.87. The fraction of sp³-hybridized carbons (Fsp3) is 0.364. The molecule has 0 aliphatic carbocycles. The normalized spacial score (nSPS) is 11.5. The number of hydrogen-bond donors (Lipinski definition) is 2. The lowest BCUT2D eigenvalue weighted by atomic mass is 10.2. The molecule has 1 aromatic rings. The maximum atomic E-state index is 11.6. The van der Waals surface area contributed by atoms with Gasteiger partial charge >= 0.3 is 0 Å². The Balaban J connectivity index is 0.00000256. The van der Waals surface area contributed by atoms with Crippen molar-refractivity contribution in [3.05, 3.63) is 28.8 Å². The maximum absolute atomic E-state index is 11.6. The summed E-state index contributed by atoms with van der Waals surface area (Å²) in [5.74, 6) is -0.285. The van der Waals surface area contributed by atoms with Crippen LogP contribution in [-0.2, 0) is 9.53 Å². The molecular formula is C11H16Cl2N2O2. The van der Waals surface area contributed by atoms with Crippen LogP contribution in [0, 0.1) is 6.92 Å². The highest BCUT2D eigenvalue weighted by molar-refractivity contribution is 6.31. The van der Waals surface area contributed by atoms with Gasteiger partial charge in [0.1, 0.15) is 6.04 Å². The summed E-state index contributed by atoms with van der Waals surface area (Å²) in [7, 11) is 1.50. The molecule has 1 atom stereocenters. The average molecular weight is 279 g/mol. The third kappa shape index (κ3) is 4.52. The number of anilines is 1. The molecule has 0 bridgehead atoms. The van der Waals surface area contributed by atoms with Crippen molar-refractivity contribution < 1.29 is 9.53 Å². The van der Waals surface area contributed by atoms with Gasteiger partial charge in [-0.05, 0) is 24.6 Å². The van der Waals surface area contributed by atoms with Crippen molar-refractivity contribution in [1.29, 1.82) is 0 Å². The van der Waals surface area contributed by atoms with Crippen molar-refractivity contribution in [3.8, 4) is 0 Å². The third-order valence-electron chi connectivity index (χ3n) is 2.21. The maximum Gasteiger partial charge on any atom is 0.243 e. The Hall–Kier alpha value is -0.810. The van der Waals surface area contributed by atoms with E-state index in [1.54, 1.807) is 18.2 Å². The summed E-state index contributed by atoms with van der Waals surface area (Å²) < 4.78 is 4.80. The van der Waals surface area contributed by atoms with Crippen molar-refractivity contribution in [3.63, 3.8) is 0 Å². The molecule has 0 radical (unpaired) electrons. The molecule has 4 nitrogen and oxygen atoms in total. The summed E-state index contributed by atoms with van der Waals surface area (Å²) in [6, 6.07) is 4.64. The molecule has 0 heterocycles. The zero-order valence-electron chi connectivity index (χ0n) is 9.70. The third-order valence-corrected chi connectivity index (χ3v) is 2.62. The fourth-order valence-electron chi connectivity index (χ4n) is 1.22. The van der Waals surface area contributed by atoms with Gasteiger partial charge in [-0.2, -0.15) is 0 Å². The highest BCUT2D eigenvalue weighted by Gasteiger charge is 2.14. The predicted octanol–water partition coefficient (Wildman–Crippen LogP) is 1.98. The second-order valence-electron chi connectivity index (χ2n) is 3.46. The minimum absolute atomic E-state index is 0. The number of carbonyl (C=O) groups excluding carboxylic acids is 1. The van der Waals surface area contributed by atoms with Crippen LogP contribution in [0.4, 0.5) is 5.69 Å². The zero-order valence-corrected chi connectivity index (χ0v) is 11.3. The van der Waals surface area contributed by atoms with Crippen LogP contribution in [0.15, 0.2) is 18.2 Å². The lowest BCUT2D eigenvalue weighted by Gasteiger charge is -2.13. The van der Waals surface area contributed by atoms with Crippen molar-refractivity contribution in [2.75, 3.05) is 19.0 Å². The summed E-state index contributed by atoms with van der Waals surface area (Å²) in [6.07, 6.45) is 0. The molecule has 1 aromatic carbocycles. The number of rotatable bonds is 4. The van der Waals surface area contributed by atoms with Crippen LogP contribution < -0.4 is 11.1 Å². The monoisotopic (exact) mass is 278 g/mol. The Morgan fingerprint density at radius 3 is 2.82 bits per heavy atom. The molecule has 0 saturated heterocycles. The molecule has 0 fully saturated rings. The Kier molecular flexibility index (Phi) is 7.15. The predicted molar refractivity (Wildman–Crippen MR) is 71.9 cm³/mol. The highest BCUT2D eigenvalue weighted by atomic mass is 35.5. The van der Waals surface area contributed by atoms with E-state index in [1.807, 2.05) is 6.92 Å². The summed E-state index contributed by atoms with van der Waals surface area (Å²) in [5.41, 5.74) is 7.09. The smallest absolute Gasteiger partial charge is 0.243 e. The van der Waals surface area contributed by atoms with Gasteiger partial charge in [0.25, 0.3) is 0 Å². The molecule has 1 unspecified atom stereocenters. The molecule has 6 heteroatoms. The first-order chi connectivity index (χ1) is 7.56. The van der Waals surface area contributed by atoms with Gasteiger partial charge in [0.05, 0.1) is 6.61 Å². The van der Waals surface area contributed by atoms with Crippen LogP contribution in [0.1, 0.15) is 5.56 Å². The number of benzene rings is 1. The van der Waals surface area contributed by atoms with Crippen molar-refractivity contribution in [1.82, 2.24) is 0 Å². The summed E-state index contributed by atoms with van der Waals surface area (Å²) in [5, 5.41) is 3.32. The first-order valence-electron chi connectivity index (χ1n) is 4.86. The van der Waals surface area contributed by atoms with E-state index >= 15 is 0 Å². The van der Waals surface area contributed by atoms with Crippen molar-refractivity contribution >= 4 is 35.6 Å². The van der Waals surface area contributed by atoms with Gasteiger partial charge < -0.3 is 15.8 Å². The molecule has 1 amide bonds. The summed E-state index contributed by atoms with van der Waals surface area (Å²) >= 11 is 5.93. The van der Waals surface area contributed by atoms with Gasteiger partial charge in [0.15, 0.2) is 0 Å². The molecule has 0 aromatic heterocycles. The average Bonchev–Trinajstić information content (AvgIpc) is 2.25.